The Morgan fingerprint density at radius 2 is 1.44 bits per heavy atom. The number of rotatable bonds is 14. The topological polar surface area (TPSA) is 162 Å². The Morgan fingerprint density at radius 3 is 2.05 bits per heavy atom. The number of oxime groups is 4. The van der Waals surface area contributed by atoms with Crippen LogP contribution in [0.1, 0.15) is 47.5 Å². The number of hydrogen-bond donors (Lipinski definition) is 2. The van der Waals surface area contributed by atoms with Gasteiger partial charge >= 0.3 is 0 Å². The van der Waals surface area contributed by atoms with Gasteiger partial charge in [0.2, 0.25) is 0 Å². The smallest absolute Gasteiger partial charge is 0.282 e. The van der Waals surface area contributed by atoms with E-state index in [9.17, 15) is 31.5 Å². The Labute approximate surface area is 312 Å². The third-order valence-electron chi connectivity index (χ3n) is 7.19. The van der Waals surface area contributed by atoms with Crippen molar-refractivity contribution in [1.82, 2.24) is 15.1 Å². The lowest BCUT2D eigenvalue weighted by Gasteiger charge is -2.12. The lowest BCUT2D eigenvalue weighted by atomic mass is 10.0. The van der Waals surface area contributed by atoms with E-state index in [-0.39, 0.29) is 40.6 Å². The van der Waals surface area contributed by atoms with Crippen LogP contribution in [-0.4, -0.2) is 72.8 Å². The molecule has 292 valence electrons. The van der Waals surface area contributed by atoms with Gasteiger partial charge in [0.05, 0.1) is 5.56 Å². The summed E-state index contributed by atoms with van der Waals surface area (Å²) in [5, 5.41) is 24.1. The molecule has 0 unspecified atom stereocenters. The predicted octanol–water partition coefficient (Wildman–Crippen LogP) is 6.39. The maximum Gasteiger partial charge on any atom is 0.282 e. The van der Waals surface area contributed by atoms with E-state index in [1.807, 2.05) is 6.07 Å². The summed E-state index contributed by atoms with van der Waals surface area (Å²) in [6.07, 6.45) is -1.82. The van der Waals surface area contributed by atoms with Gasteiger partial charge in [0, 0.05) is 42.7 Å². The van der Waals surface area contributed by atoms with Crippen molar-refractivity contribution in [3.05, 3.63) is 107 Å². The summed E-state index contributed by atoms with van der Waals surface area (Å²) in [5.74, 6) is -5.64. The zero-order chi connectivity index (χ0) is 40.7. The molecule has 14 nitrogen and oxygen atoms in total. The quantitative estimate of drug-likeness (QED) is 0.0649. The number of aromatic nitrogens is 2. The molecule has 0 bridgehead atoms. The number of benzene rings is 3. The van der Waals surface area contributed by atoms with Gasteiger partial charge in [-0.15, -0.1) is 0 Å². The number of carbonyl (C=O) groups excluding carboxylic acids is 2. The Bertz CT molecular complexity index is 2080. The molecule has 4 rings (SSSR count). The molecule has 0 atom stereocenters. The van der Waals surface area contributed by atoms with Crippen LogP contribution >= 0.6 is 0 Å². The van der Waals surface area contributed by atoms with Crippen molar-refractivity contribution >= 4 is 40.3 Å². The fourth-order valence-electron chi connectivity index (χ4n) is 4.79. The predicted molar refractivity (Wildman–Crippen MR) is 194 cm³/mol. The fraction of sp³-hybridized carbons (Fsp3) is 0.250. The average Bonchev–Trinajstić information content (AvgIpc) is 3.57. The summed E-state index contributed by atoms with van der Waals surface area (Å²) in [4.78, 5) is 44.3. The second kappa shape index (κ2) is 20.5. The van der Waals surface area contributed by atoms with Gasteiger partial charge in [0.1, 0.15) is 45.1 Å². The van der Waals surface area contributed by atoms with E-state index in [1.54, 1.807) is 38.1 Å². The molecule has 0 aliphatic rings. The minimum absolute atomic E-state index is 0.0254. The molecular formula is C36H37F5N8O6. The molecule has 0 spiro atoms. The normalized spacial score (nSPS) is 12.1. The monoisotopic (exact) mass is 772 g/mol. The first-order valence-corrected chi connectivity index (χ1v) is 15.9. The second-order valence-corrected chi connectivity index (χ2v) is 10.9. The number of hydrogen-bond acceptors (Lipinski definition) is 11. The molecule has 0 saturated carbocycles. The molecule has 2 N–H and O–H groups in total. The first-order valence-electron chi connectivity index (χ1n) is 15.9. The third-order valence-corrected chi connectivity index (χ3v) is 7.19. The summed E-state index contributed by atoms with van der Waals surface area (Å²) in [5.41, 5.74) is 1.94. The van der Waals surface area contributed by atoms with E-state index in [4.69, 9.17) is 19.4 Å². The average molecular weight is 773 g/mol. The highest BCUT2D eigenvalue weighted by Gasteiger charge is 2.24. The van der Waals surface area contributed by atoms with Crippen LogP contribution in [0.15, 0.2) is 87.5 Å². The van der Waals surface area contributed by atoms with Crippen molar-refractivity contribution in [2.75, 3.05) is 33.7 Å². The third kappa shape index (κ3) is 11.4. The Kier molecular flexibility index (Phi) is 16.0. The van der Waals surface area contributed by atoms with Gasteiger partial charge in [-0.05, 0) is 37.6 Å². The van der Waals surface area contributed by atoms with Crippen molar-refractivity contribution in [3.8, 4) is 11.1 Å². The Morgan fingerprint density at radius 1 is 0.836 bits per heavy atom. The molecule has 1 heterocycles. The van der Waals surface area contributed by atoms with E-state index in [1.165, 1.54) is 53.6 Å². The van der Waals surface area contributed by atoms with Gasteiger partial charge in [-0.3, -0.25) is 14.3 Å². The first kappa shape index (κ1) is 42.8. The van der Waals surface area contributed by atoms with Gasteiger partial charge in [-0.1, -0.05) is 63.1 Å². The summed E-state index contributed by atoms with van der Waals surface area (Å²) in [7, 11) is 7.12. The zero-order valence-electron chi connectivity index (χ0n) is 30.7. The van der Waals surface area contributed by atoms with E-state index < -0.39 is 35.5 Å². The second-order valence-electron chi connectivity index (χ2n) is 10.9. The maximum absolute atomic E-state index is 13.5. The number of amides is 2. The highest BCUT2D eigenvalue weighted by Crippen LogP contribution is 2.31. The van der Waals surface area contributed by atoms with Crippen LogP contribution in [0.4, 0.5) is 27.6 Å². The number of para-hydroxylation sites is 1. The number of aryl methyl sites for hydroxylation is 1. The lowest BCUT2D eigenvalue weighted by molar-refractivity contribution is -0.114. The standard InChI is InChI=1S/C18H12F5N3O.C18H25N5O5/c1-26-8-11(16(25-26)17(22)23)18(27)24-14-5-3-2-4-10(14)9-6-12(19)15(21)13(20)7-9;1-12(20-25-4)16(22-26-5)13(2)21-28-11-14-9-7-8-10-15(14)17(23-27-6)18(24)19-3/h2-8,17H,1H3,(H,24,27);7-10H,11H2,1-6H3,(H,19,24)/b;20-12+,21-13+,22-16+,23-17+. The number of nitrogens with zero attached hydrogens (tertiary/aromatic N) is 6. The number of alkyl halides is 2. The van der Waals surface area contributed by atoms with Gasteiger partial charge in [0.25, 0.3) is 18.2 Å². The van der Waals surface area contributed by atoms with Crippen LogP contribution in [0.5, 0.6) is 0 Å². The van der Waals surface area contributed by atoms with Gasteiger partial charge < -0.3 is 30.0 Å². The number of carbonyl (C=O) groups is 2. The number of anilines is 1. The summed E-state index contributed by atoms with van der Waals surface area (Å²) < 4.78 is 67.4. The van der Waals surface area contributed by atoms with Crippen molar-refractivity contribution in [1.29, 1.82) is 0 Å². The van der Waals surface area contributed by atoms with Gasteiger partial charge in [0.15, 0.2) is 28.9 Å². The summed E-state index contributed by atoms with van der Waals surface area (Å²) in [6, 6.07) is 14.6. The molecule has 19 heteroatoms. The molecule has 2 amide bonds. The van der Waals surface area contributed by atoms with Crippen LogP contribution in [0.2, 0.25) is 0 Å². The summed E-state index contributed by atoms with van der Waals surface area (Å²) >= 11 is 0. The van der Waals surface area contributed by atoms with Crippen LogP contribution in [0, 0.1) is 17.5 Å². The largest absolute Gasteiger partial charge is 0.399 e. The van der Waals surface area contributed by atoms with E-state index in [0.717, 1.165) is 23.0 Å². The SMILES string of the molecule is CNC(=O)/C(=N/OC)c1ccccc1CO/N=C(C)/C(=N/OC)C(/C)=N/OC.Cn1cc(C(=O)Nc2ccccc2-c2cc(F)c(F)c(F)c2)c(C(F)F)n1. The molecule has 55 heavy (non-hydrogen) atoms. The molecule has 1 aromatic heterocycles. The number of likely N-dealkylation sites (N-methyl/N-ethyl adjacent to an activating group) is 1. The van der Waals surface area contributed by atoms with Crippen molar-refractivity contribution < 1.29 is 50.9 Å². The van der Waals surface area contributed by atoms with Crippen LogP contribution in [0.3, 0.4) is 0 Å². The van der Waals surface area contributed by atoms with E-state index in [2.05, 4.69) is 36.4 Å². The minimum atomic E-state index is -2.96. The molecule has 4 aromatic rings. The minimum Gasteiger partial charge on any atom is -0.399 e. The van der Waals surface area contributed by atoms with Gasteiger partial charge in [-0.2, -0.15) is 5.10 Å². The van der Waals surface area contributed by atoms with Crippen molar-refractivity contribution in [2.45, 2.75) is 26.9 Å². The maximum atomic E-state index is 13.5. The van der Waals surface area contributed by atoms with E-state index >= 15 is 0 Å². The lowest BCUT2D eigenvalue weighted by Crippen LogP contribution is -2.29. The molecule has 0 radical (unpaired) electrons. The summed E-state index contributed by atoms with van der Waals surface area (Å²) in [6.45, 7) is 3.49. The molecule has 0 fully saturated rings. The van der Waals surface area contributed by atoms with E-state index in [0.29, 0.717) is 28.3 Å². The molecule has 0 saturated heterocycles. The van der Waals surface area contributed by atoms with Crippen LogP contribution in [-0.2, 0) is 37.8 Å². The van der Waals surface area contributed by atoms with Crippen LogP contribution < -0.4 is 10.6 Å². The Balaban J connectivity index is 0.000000295. The number of halogens is 5. The molecular weight excluding hydrogens is 735 g/mol. The number of nitrogens with one attached hydrogen (secondary N) is 2. The first-order chi connectivity index (χ1) is 26.3. The highest BCUT2D eigenvalue weighted by molar-refractivity contribution is 6.67. The van der Waals surface area contributed by atoms with Crippen molar-refractivity contribution in [3.63, 3.8) is 0 Å². The van der Waals surface area contributed by atoms with Gasteiger partial charge in [-0.25, -0.2) is 22.0 Å². The fourth-order valence-corrected chi connectivity index (χ4v) is 4.79. The zero-order valence-corrected chi connectivity index (χ0v) is 30.7. The molecule has 3 aromatic carbocycles. The Hall–Kier alpha value is -6.66. The van der Waals surface area contributed by atoms with Crippen molar-refractivity contribution in [2.24, 2.45) is 27.7 Å². The molecule has 0 aliphatic heterocycles. The highest BCUT2D eigenvalue weighted by atomic mass is 19.3. The van der Waals surface area contributed by atoms with Crippen LogP contribution in [0.25, 0.3) is 11.1 Å². The molecule has 0 aliphatic carbocycles.